The number of rotatable bonds is 8. The van der Waals surface area contributed by atoms with E-state index in [-0.39, 0.29) is 0 Å². The van der Waals surface area contributed by atoms with Gasteiger partial charge in [0.05, 0.1) is 34.3 Å². The van der Waals surface area contributed by atoms with E-state index in [1.54, 1.807) is 49.1 Å². The SMILES string of the molecule is CCC1=NO[B-]2(c3cccnc3)O/N=C(CC)/C(CC)=N/O[B-](c3cccnc3)(O/N=C/1CC)O/N=C(CC)/C(CC)=N/O2. The predicted octanol–water partition coefficient (Wildman–Crippen LogP) is 4.19. The molecule has 0 unspecified atom stereocenters. The summed E-state index contributed by atoms with van der Waals surface area (Å²) in [6.07, 6.45) is 8.89. The molecule has 0 amide bonds. The predicted molar refractivity (Wildman–Crippen MR) is 172 cm³/mol. The third-order valence-electron chi connectivity index (χ3n) is 7.00. The number of oxime groups is 6. The Balaban J connectivity index is 2.10. The summed E-state index contributed by atoms with van der Waals surface area (Å²) < 4.78 is 37.1. The molecule has 2 aromatic rings. The summed E-state index contributed by atoms with van der Waals surface area (Å²) in [5.74, 6) is 0. The summed E-state index contributed by atoms with van der Waals surface area (Å²) in [6.45, 7) is 5.46. The summed E-state index contributed by atoms with van der Waals surface area (Å²) in [5, 5.41) is 26.9. The van der Waals surface area contributed by atoms with Gasteiger partial charge in [-0.05, 0) is 50.7 Å². The Morgan fingerprint density at radius 1 is 0.432 bits per heavy atom. The van der Waals surface area contributed by atoms with Gasteiger partial charge in [0.25, 0.3) is 0 Å². The molecule has 5 rings (SSSR count). The number of fused-ring (bicyclic) bond motifs is 9. The molecule has 0 fully saturated rings. The first kappa shape index (κ1) is 32.2. The zero-order valence-corrected chi connectivity index (χ0v) is 26.0. The van der Waals surface area contributed by atoms with Gasteiger partial charge in [-0.1, -0.05) is 64.6 Å². The number of hydrogen-bond donors (Lipinski definition) is 0. The van der Waals surface area contributed by atoms with Crippen molar-refractivity contribution < 1.29 is 28.5 Å². The Bertz CT molecular complexity index is 1230. The van der Waals surface area contributed by atoms with Crippen molar-refractivity contribution in [3.8, 4) is 0 Å². The first-order valence-corrected chi connectivity index (χ1v) is 15.1. The maximum Gasteiger partial charge on any atom is 0.642 e. The molecule has 5 heterocycles. The van der Waals surface area contributed by atoms with Crippen LogP contribution < -0.4 is 10.9 Å². The van der Waals surface area contributed by atoms with E-state index in [2.05, 4.69) is 40.9 Å². The maximum absolute atomic E-state index is 6.19. The zero-order chi connectivity index (χ0) is 31.4. The molecule has 0 radical (unpaired) electrons. The van der Waals surface area contributed by atoms with Crippen molar-refractivity contribution in [2.45, 2.75) is 80.1 Å². The highest BCUT2D eigenvalue weighted by Crippen LogP contribution is 2.20. The molecule has 234 valence electrons. The second-order valence-electron chi connectivity index (χ2n) is 9.84. The largest absolute Gasteiger partial charge is 0.642 e. The third kappa shape index (κ3) is 7.06. The van der Waals surface area contributed by atoms with Gasteiger partial charge in [-0.2, -0.15) is 0 Å². The van der Waals surface area contributed by atoms with Crippen molar-refractivity contribution in [1.82, 2.24) is 9.97 Å². The summed E-state index contributed by atoms with van der Waals surface area (Å²) in [4.78, 5) is 8.51. The van der Waals surface area contributed by atoms with Crippen LogP contribution in [0.4, 0.5) is 0 Å². The Kier molecular flexibility index (Phi) is 11.1. The minimum atomic E-state index is -2.99. The van der Waals surface area contributed by atoms with Gasteiger partial charge in [-0.25, -0.2) is 0 Å². The molecular weight excluding hydrogens is 566 g/mol. The van der Waals surface area contributed by atoms with Crippen molar-refractivity contribution in [3.05, 3.63) is 49.1 Å². The molecule has 3 aliphatic rings. The van der Waals surface area contributed by atoms with Crippen LogP contribution in [0.3, 0.4) is 0 Å². The van der Waals surface area contributed by atoms with E-state index in [1.165, 1.54) is 0 Å². The van der Waals surface area contributed by atoms with E-state index < -0.39 is 13.5 Å². The average molecular weight is 604 g/mol. The Morgan fingerprint density at radius 2 is 0.682 bits per heavy atom. The highest BCUT2D eigenvalue weighted by Gasteiger charge is 2.44. The lowest BCUT2D eigenvalue weighted by atomic mass is 9.71. The molecule has 0 atom stereocenters. The molecule has 44 heavy (non-hydrogen) atoms. The van der Waals surface area contributed by atoms with Crippen LogP contribution in [-0.2, 0) is 28.5 Å². The van der Waals surface area contributed by atoms with Gasteiger partial charge < -0.3 is 28.5 Å². The fraction of sp³-hybridized carbons (Fsp3) is 0.429. The Morgan fingerprint density at radius 3 is 0.864 bits per heavy atom. The molecule has 2 aromatic heterocycles. The van der Waals surface area contributed by atoms with Crippen LogP contribution in [0.2, 0.25) is 0 Å². The molecule has 0 aromatic carbocycles. The van der Waals surface area contributed by atoms with E-state index in [4.69, 9.17) is 28.5 Å². The second-order valence-corrected chi connectivity index (χ2v) is 9.84. The second kappa shape index (κ2) is 15.1. The van der Waals surface area contributed by atoms with Gasteiger partial charge in [-0.3, -0.25) is 9.97 Å². The fourth-order valence-corrected chi connectivity index (χ4v) is 4.38. The van der Waals surface area contributed by atoms with Crippen molar-refractivity contribution in [1.29, 1.82) is 0 Å². The molecule has 0 saturated carbocycles. The van der Waals surface area contributed by atoms with E-state index >= 15 is 0 Å². The van der Waals surface area contributed by atoms with Crippen LogP contribution in [0, 0.1) is 0 Å². The van der Waals surface area contributed by atoms with Crippen LogP contribution in [-0.4, -0.2) is 57.7 Å². The van der Waals surface area contributed by atoms with Crippen LogP contribution in [0.5, 0.6) is 0 Å². The fourth-order valence-electron chi connectivity index (χ4n) is 4.38. The smallest absolute Gasteiger partial charge is 0.536 e. The number of hydrogen-bond acceptors (Lipinski definition) is 14. The van der Waals surface area contributed by atoms with Crippen LogP contribution in [0.1, 0.15) is 80.1 Å². The molecule has 3 aliphatic heterocycles. The molecule has 16 heteroatoms. The molecule has 0 N–H and O–H groups in total. The average Bonchev–Trinajstić information content (AvgIpc) is 3.08. The topological polar surface area (TPSA) is 155 Å². The summed E-state index contributed by atoms with van der Waals surface area (Å²) in [5.41, 5.74) is 3.54. The van der Waals surface area contributed by atoms with Gasteiger partial charge in [0.2, 0.25) is 0 Å². The van der Waals surface area contributed by atoms with Crippen LogP contribution in [0.15, 0.2) is 80.0 Å². The summed E-state index contributed by atoms with van der Waals surface area (Å²) in [7, 11) is 0. The molecule has 2 bridgehead atoms. The van der Waals surface area contributed by atoms with Gasteiger partial charge in [0.15, 0.2) is 0 Å². The molecule has 14 nitrogen and oxygen atoms in total. The maximum atomic E-state index is 6.19. The highest BCUT2D eigenvalue weighted by molar-refractivity contribution is 6.76. The van der Waals surface area contributed by atoms with Gasteiger partial charge in [0.1, 0.15) is 0 Å². The van der Waals surface area contributed by atoms with Gasteiger partial charge >= 0.3 is 13.5 Å². The lowest BCUT2D eigenvalue weighted by Crippen LogP contribution is -2.55. The number of nitrogens with zero attached hydrogens (tertiary/aromatic N) is 8. The van der Waals surface area contributed by atoms with Crippen molar-refractivity contribution in [2.75, 3.05) is 0 Å². The van der Waals surface area contributed by atoms with Gasteiger partial charge in [-0.15, -0.1) is 30.9 Å². The standard InChI is InChI=1S/C28H38B2N8O6/c1-7-23-24(8-2)34-40-30(22-16-14-18-32-20-22)43-37-27(11-5)25(9-3)35-41-29(39-33-23,21-15-13-17-31-19-21)42-36-26(10-4)28(12-6)38-44-30/h13-20H,7-12H2,1-6H3/q-2/b33-23+,34-24+,35-25+,36-26+,37-27+,38-28?. The van der Waals surface area contributed by atoms with Crippen molar-refractivity contribution in [3.63, 3.8) is 0 Å². The van der Waals surface area contributed by atoms with Gasteiger partial charge in [0, 0.05) is 24.8 Å². The van der Waals surface area contributed by atoms with E-state index in [0.29, 0.717) is 83.7 Å². The first-order chi connectivity index (χ1) is 21.5. The zero-order valence-electron chi connectivity index (χ0n) is 26.0. The minimum Gasteiger partial charge on any atom is -0.536 e. The van der Waals surface area contributed by atoms with Crippen molar-refractivity contribution >= 4 is 58.7 Å². The summed E-state index contributed by atoms with van der Waals surface area (Å²) in [6, 6.07) is 6.93. The summed E-state index contributed by atoms with van der Waals surface area (Å²) >= 11 is 0. The van der Waals surface area contributed by atoms with E-state index in [0.717, 1.165) is 0 Å². The van der Waals surface area contributed by atoms with Crippen LogP contribution in [0.25, 0.3) is 0 Å². The lowest BCUT2D eigenvalue weighted by molar-refractivity contribution is 0.0763. The molecule has 0 aliphatic carbocycles. The Hall–Kier alpha value is -4.75. The lowest BCUT2D eigenvalue weighted by Gasteiger charge is -2.37. The minimum absolute atomic E-state index is 0.409. The molecule has 0 saturated heterocycles. The van der Waals surface area contributed by atoms with E-state index in [1.807, 2.05) is 41.5 Å². The molecule has 0 spiro atoms. The highest BCUT2D eigenvalue weighted by atomic mass is 16.9. The molecular formula is C28H38B2N8O6-2. The quantitative estimate of drug-likeness (QED) is 0.407. The van der Waals surface area contributed by atoms with Crippen molar-refractivity contribution in [2.24, 2.45) is 30.9 Å². The monoisotopic (exact) mass is 604 g/mol. The van der Waals surface area contributed by atoms with E-state index in [9.17, 15) is 0 Å². The van der Waals surface area contributed by atoms with Crippen LogP contribution >= 0.6 is 0 Å². The first-order valence-electron chi connectivity index (χ1n) is 15.1. The normalized spacial score (nSPS) is 28.6. The number of aromatic nitrogens is 2. The number of pyridine rings is 2. The Labute approximate surface area is 257 Å². The third-order valence-corrected chi connectivity index (χ3v) is 7.00.